The molecule has 2 rings (SSSR count). The van der Waals surface area contributed by atoms with Gasteiger partial charge in [0.1, 0.15) is 0 Å². The highest BCUT2D eigenvalue weighted by atomic mass is 35.5. The number of hydrogen-bond donors (Lipinski definition) is 1. The molecule has 0 aliphatic rings. The Morgan fingerprint density at radius 3 is 2.40 bits per heavy atom. The van der Waals surface area contributed by atoms with E-state index in [0.717, 1.165) is 10.8 Å². The van der Waals surface area contributed by atoms with E-state index in [2.05, 4.69) is 0 Å². The van der Waals surface area contributed by atoms with Crippen LogP contribution in [0.2, 0.25) is 0 Å². The Morgan fingerprint density at radius 1 is 1.15 bits per heavy atom. The standard InChI is InChI=1S/C13H10ClF3N2O/c14-18-19(13(15,16)17)12(20)8-9-5-6-10-3-1-2-4-11(10)7-9/h1-7,18H,8H2. The molecule has 106 valence electrons. The van der Waals surface area contributed by atoms with E-state index < -0.39 is 23.6 Å². The number of nitrogens with zero attached hydrogens (tertiary/aromatic N) is 1. The molecule has 2 aromatic carbocycles. The normalized spacial score (nSPS) is 11.6. The largest absolute Gasteiger partial charge is 0.502 e. The molecule has 7 heteroatoms. The van der Waals surface area contributed by atoms with E-state index in [9.17, 15) is 18.0 Å². The van der Waals surface area contributed by atoms with Gasteiger partial charge in [0.05, 0.1) is 6.42 Å². The third-order valence-electron chi connectivity index (χ3n) is 2.76. The zero-order chi connectivity index (χ0) is 14.8. The SMILES string of the molecule is O=C(Cc1ccc2ccccc2c1)N(NCl)C(F)(F)F. The zero-order valence-electron chi connectivity index (χ0n) is 10.1. The molecule has 0 radical (unpaired) electrons. The second kappa shape index (κ2) is 5.68. The fraction of sp³-hybridized carbons (Fsp3) is 0.154. The first-order valence-corrected chi connectivity index (χ1v) is 6.03. The summed E-state index contributed by atoms with van der Waals surface area (Å²) in [5.41, 5.74) is 0.481. The number of rotatable bonds is 3. The fourth-order valence-electron chi connectivity index (χ4n) is 1.84. The number of fused-ring (bicyclic) bond motifs is 1. The van der Waals surface area contributed by atoms with Crippen molar-refractivity contribution in [1.82, 2.24) is 9.95 Å². The van der Waals surface area contributed by atoms with Crippen LogP contribution < -0.4 is 4.94 Å². The lowest BCUT2D eigenvalue weighted by atomic mass is 10.0. The first kappa shape index (κ1) is 14.6. The molecule has 0 atom stereocenters. The van der Waals surface area contributed by atoms with E-state index in [1.807, 2.05) is 24.3 Å². The maximum absolute atomic E-state index is 12.5. The summed E-state index contributed by atoms with van der Waals surface area (Å²) in [5, 5.41) is 1.26. The van der Waals surface area contributed by atoms with Crippen molar-refractivity contribution >= 4 is 28.5 Å². The highest BCUT2D eigenvalue weighted by Crippen LogP contribution is 2.21. The Labute approximate surface area is 118 Å². The van der Waals surface area contributed by atoms with E-state index in [-0.39, 0.29) is 0 Å². The molecule has 1 N–H and O–H groups in total. The van der Waals surface area contributed by atoms with E-state index in [1.54, 1.807) is 18.2 Å². The van der Waals surface area contributed by atoms with E-state index in [1.165, 1.54) is 4.94 Å². The number of benzene rings is 2. The predicted molar refractivity (Wildman–Crippen MR) is 69.5 cm³/mol. The average Bonchev–Trinajstić information content (AvgIpc) is 2.37. The molecular weight excluding hydrogens is 293 g/mol. The maximum Gasteiger partial charge on any atom is 0.502 e. The molecule has 0 unspecified atom stereocenters. The Hall–Kier alpha value is -1.79. The van der Waals surface area contributed by atoms with Gasteiger partial charge in [-0.05, 0) is 28.1 Å². The van der Waals surface area contributed by atoms with Crippen LogP contribution in [0.15, 0.2) is 42.5 Å². The van der Waals surface area contributed by atoms with Crippen LogP contribution in [0, 0.1) is 0 Å². The quantitative estimate of drug-likeness (QED) is 0.535. The van der Waals surface area contributed by atoms with Gasteiger partial charge in [0.25, 0.3) is 0 Å². The van der Waals surface area contributed by atoms with Crippen molar-refractivity contribution in [2.75, 3.05) is 0 Å². The summed E-state index contributed by atoms with van der Waals surface area (Å²) in [7, 11) is 0. The Morgan fingerprint density at radius 2 is 1.80 bits per heavy atom. The van der Waals surface area contributed by atoms with E-state index >= 15 is 0 Å². The fourth-order valence-corrected chi connectivity index (χ4v) is 2.03. The third-order valence-corrected chi connectivity index (χ3v) is 2.93. The first-order chi connectivity index (χ1) is 9.41. The number of carbonyl (C=O) groups is 1. The minimum atomic E-state index is -4.87. The van der Waals surface area contributed by atoms with Gasteiger partial charge in [-0.1, -0.05) is 42.5 Å². The number of halogens is 4. The van der Waals surface area contributed by atoms with Gasteiger partial charge in [-0.15, -0.1) is 18.1 Å². The maximum atomic E-state index is 12.5. The Balaban J connectivity index is 2.21. The molecule has 0 bridgehead atoms. The summed E-state index contributed by atoms with van der Waals surface area (Å²) in [6, 6.07) is 12.4. The van der Waals surface area contributed by atoms with Gasteiger partial charge in [-0.3, -0.25) is 4.79 Å². The molecule has 0 saturated carbocycles. The van der Waals surface area contributed by atoms with Gasteiger partial charge in [0.2, 0.25) is 5.91 Å². The van der Waals surface area contributed by atoms with Crippen molar-refractivity contribution in [2.45, 2.75) is 12.7 Å². The second-order valence-corrected chi connectivity index (χ2v) is 4.31. The lowest BCUT2D eigenvalue weighted by molar-refractivity contribution is -0.248. The Kier molecular flexibility index (Phi) is 4.15. The van der Waals surface area contributed by atoms with Gasteiger partial charge in [0.15, 0.2) is 0 Å². The number of hydrazine groups is 1. The van der Waals surface area contributed by atoms with Crippen molar-refractivity contribution in [2.24, 2.45) is 0 Å². The van der Waals surface area contributed by atoms with Crippen LogP contribution in [-0.2, 0) is 11.2 Å². The summed E-state index contributed by atoms with van der Waals surface area (Å²) in [6.07, 6.45) is -5.26. The molecule has 2 aromatic rings. The number of carbonyl (C=O) groups excluding carboxylic acids is 1. The highest BCUT2D eigenvalue weighted by molar-refractivity contribution is 6.13. The molecule has 0 aliphatic heterocycles. The highest BCUT2D eigenvalue weighted by Gasteiger charge is 2.41. The van der Waals surface area contributed by atoms with E-state index in [0.29, 0.717) is 5.56 Å². The first-order valence-electron chi connectivity index (χ1n) is 5.65. The smallest absolute Gasteiger partial charge is 0.273 e. The minimum Gasteiger partial charge on any atom is -0.273 e. The van der Waals surface area contributed by atoms with Gasteiger partial charge in [-0.2, -0.15) is 5.01 Å². The number of hydrogen-bond acceptors (Lipinski definition) is 2. The number of alkyl halides is 3. The lowest BCUT2D eigenvalue weighted by Gasteiger charge is -2.21. The van der Waals surface area contributed by atoms with Gasteiger partial charge < -0.3 is 0 Å². The zero-order valence-corrected chi connectivity index (χ0v) is 10.9. The van der Waals surface area contributed by atoms with Crippen LogP contribution in [0.25, 0.3) is 10.8 Å². The average molecular weight is 303 g/mol. The van der Waals surface area contributed by atoms with Crippen LogP contribution in [-0.4, -0.2) is 17.2 Å². The summed E-state index contributed by atoms with van der Waals surface area (Å²) in [6.45, 7) is 0. The van der Waals surface area contributed by atoms with Crippen LogP contribution in [0.1, 0.15) is 5.56 Å². The molecule has 0 aliphatic carbocycles. The minimum absolute atomic E-state index is 0.399. The lowest BCUT2D eigenvalue weighted by Crippen LogP contribution is -2.48. The topological polar surface area (TPSA) is 32.3 Å². The number of amides is 1. The second-order valence-electron chi connectivity index (χ2n) is 4.14. The monoisotopic (exact) mass is 302 g/mol. The predicted octanol–water partition coefficient (Wildman–Crippen LogP) is 3.39. The summed E-state index contributed by atoms with van der Waals surface area (Å²) in [5.74, 6) is -1.18. The van der Waals surface area contributed by atoms with Gasteiger partial charge >= 0.3 is 6.30 Å². The third kappa shape index (κ3) is 3.20. The molecule has 0 spiro atoms. The van der Waals surface area contributed by atoms with Crippen LogP contribution in [0.4, 0.5) is 13.2 Å². The molecule has 0 fully saturated rings. The van der Waals surface area contributed by atoms with E-state index in [4.69, 9.17) is 11.8 Å². The summed E-state index contributed by atoms with van der Waals surface area (Å²) < 4.78 is 37.5. The van der Waals surface area contributed by atoms with Crippen molar-refractivity contribution in [3.63, 3.8) is 0 Å². The van der Waals surface area contributed by atoms with Crippen LogP contribution in [0.3, 0.4) is 0 Å². The van der Waals surface area contributed by atoms with Gasteiger partial charge in [0, 0.05) is 0 Å². The molecule has 1 amide bonds. The van der Waals surface area contributed by atoms with Crippen molar-refractivity contribution in [3.8, 4) is 0 Å². The molecule has 0 saturated heterocycles. The molecule has 3 nitrogen and oxygen atoms in total. The molecule has 20 heavy (non-hydrogen) atoms. The Bertz CT molecular complexity index is 630. The van der Waals surface area contributed by atoms with Gasteiger partial charge in [-0.25, -0.2) is 0 Å². The molecule has 0 aromatic heterocycles. The van der Waals surface area contributed by atoms with Crippen molar-refractivity contribution in [1.29, 1.82) is 0 Å². The van der Waals surface area contributed by atoms with Crippen molar-refractivity contribution in [3.05, 3.63) is 48.0 Å². The molecular formula is C13H10ClF3N2O. The van der Waals surface area contributed by atoms with Crippen LogP contribution >= 0.6 is 11.8 Å². The summed E-state index contributed by atoms with van der Waals surface area (Å²) in [4.78, 5) is 12.9. The summed E-state index contributed by atoms with van der Waals surface area (Å²) >= 11 is 4.94. The molecule has 0 heterocycles. The van der Waals surface area contributed by atoms with Crippen LogP contribution in [0.5, 0.6) is 0 Å². The number of nitrogens with one attached hydrogen (secondary N) is 1. The van der Waals surface area contributed by atoms with Crippen molar-refractivity contribution < 1.29 is 18.0 Å².